The lowest BCUT2D eigenvalue weighted by molar-refractivity contribution is -0.122. The molecule has 0 fully saturated rings. The van der Waals surface area contributed by atoms with Gasteiger partial charge in [0.2, 0.25) is 11.8 Å². The maximum Gasteiger partial charge on any atom is 0.243 e. The molecule has 2 aromatic heterocycles. The SMILES string of the molecule is Cc1cccc(NC(=O)CNC(=O)CSc2nnc(-c3cccnc3)n2Cc2ccccc2)c1C. The van der Waals surface area contributed by atoms with E-state index in [1.807, 2.05) is 79.1 Å². The molecule has 4 rings (SSSR count). The highest BCUT2D eigenvalue weighted by molar-refractivity contribution is 7.99. The molecule has 0 aliphatic heterocycles. The third kappa shape index (κ3) is 6.33. The number of hydrogen-bond acceptors (Lipinski definition) is 6. The van der Waals surface area contributed by atoms with Gasteiger partial charge in [0.1, 0.15) is 0 Å². The summed E-state index contributed by atoms with van der Waals surface area (Å²) >= 11 is 1.28. The van der Waals surface area contributed by atoms with Crippen LogP contribution >= 0.6 is 11.8 Å². The highest BCUT2D eigenvalue weighted by atomic mass is 32.2. The summed E-state index contributed by atoms with van der Waals surface area (Å²) in [5.74, 6) is 0.251. The molecule has 2 aromatic carbocycles. The van der Waals surface area contributed by atoms with Gasteiger partial charge in [0.25, 0.3) is 0 Å². The number of carbonyl (C=O) groups is 2. The number of pyridine rings is 1. The fourth-order valence-corrected chi connectivity index (χ4v) is 4.22. The van der Waals surface area contributed by atoms with E-state index in [-0.39, 0.29) is 24.1 Å². The topological polar surface area (TPSA) is 102 Å². The maximum absolute atomic E-state index is 12.5. The van der Waals surface area contributed by atoms with E-state index in [9.17, 15) is 9.59 Å². The van der Waals surface area contributed by atoms with E-state index in [4.69, 9.17) is 0 Å². The predicted molar refractivity (Wildman–Crippen MR) is 137 cm³/mol. The number of benzene rings is 2. The van der Waals surface area contributed by atoms with Gasteiger partial charge in [-0.05, 0) is 48.7 Å². The van der Waals surface area contributed by atoms with Crippen LogP contribution in [0.1, 0.15) is 16.7 Å². The van der Waals surface area contributed by atoms with Crippen LogP contribution in [-0.2, 0) is 16.1 Å². The highest BCUT2D eigenvalue weighted by Crippen LogP contribution is 2.24. The molecule has 0 aliphatic carbocycles. The number of amides is 2. The van der Waals surface area contributed by atoms with Crippen LogP contribution in [0.4, 0.5) is 5.69 Å². The largest absolute Gasteiger partial charge is 0.346 e. The van der Waals surface area contributed by atoms with Crippen molar-refractivity contribution in [1.82, 2.24) is 25.1 Å². The van der Waals surface area contributed by atoms with Crippen molar-refractivity contribution in [1.29, 1.82) is 0 Å². The van der Waals surface area contributed by atoms with Gasteiger partial charge < -0.3 is 10.6 Å². The standard InChI is InChI=1S/C26H26N6O2S/c1-18-8-6-12-22(19(18)2)29-23(33)15-28-24(34)17-35-26-31-30-25(21-11-7-13-27-14-21)32(26)16-20-9-4-3-5-10-20/h3-14H,15-17H2,1-2H3,(H,28,34)(H,29,33). The number of anilines is 1. The van der Waals surface area contributed by atoms with Crippen LogP contribution in [0.2, 0.25) is 0 Å². The molecule has 9 heteroatoms. The first kappa shape index (κ1) is 24.2. The van der Waals surface area contributed by atoms with Crippen molar-refractivity contribution in [3.05, 3.63) is 89.7 Å². The second-order valence-corrected chi connectivity index (χ2v) is 8.92. The van der Waals surface area contributed by atoms with Gasteiger partial charge in [0, 0.05) is 23.6 Å². The number of aryl methyl sites for hydroxylation is 1. The molecule has 2 amide bonds. The van der Waals surface area contributed by atoms with Crippen LogP contribution in [0.5, 0.6) is 0 Å². The van der Waals surface area contributed by atoms with Crippen molar-refractivity contribution in [2.24, 2.45) is 0 Å². The van der Waals surface area contributed by atoms with E-state index >= 15 is 0 Å². The number of aromatic nitrogens is 4. The van der Waals surface area contributed by atoms with Crippen LogP contribution in [0.25, 0.3) is 11.4 Å². The Hall–Kier alpha value is -3.98. The summed E-state index contributed by atoms with van der Waals surface area (Å²) in [5.41, 5.74) is 4.77. The van der Waals surface area contributed by atoms with Crippen molar-refractivity contribution in [3.8, 4) is 11.4 Å². The van der Waals surface area contributed by atoms with Gasteiger partial charge in [-0.3, -0.25) is 19.1 Å². The zero-order chi connectivity index (χ0) is 24.6. The minimum absolute atomic E-state index is 0.107. The molecule has 8 nitrogen and oxygen atoms in total. The van der Waals surface area contributed by atoms with Crippen LogP contribution in [-0.4, -0.2) is 43.9 Å². The first-order valence-electron chi connectivity index (χ1n) is 11.1. The predicted octanol–water partition coefficient (Wildman–Crippen LogP) is 3.85. The summed E-state index contributed by atoms with van der Waals surface area (Å²) in [6, 6.07) is 19.5. The number of rotatable bonds is 9. The number of hydrogen-bond donors (Lipinski definition) is 2. The molecule has 0 unspecified atom stereocenters. The zero-order valence-corrected chi connectivity index (χ0v) is 20.4. The van der Waals surface area contributed by atoms with Crippen molar-refractivity contribution >= 4 is 29.3 Å². The molecule has 2 heterocycles. The quantitative estimate of drug-likeness (QED) is 0.349. The average molecular weight is 487 g/mol. The first-order chi connectivity index (χ1) is 17.0. The number of carbonyl (C=O) groups excluding carboxylic acids is 2. The van der Waals surface area contributed by atoms with Crippen molar-refractivity contribution in [3.63, 3.8) is 0 Å². The Bertz CT molecular complexity index is 1310. The molecule has 35 heavy (non-hydrogen) atoms. The zero-order valence-electron chi connectivity index (χ0n) is 19.6. The van der Waals surface area contributed by atoms with Crippen LogP contribution in [0, 0.1) is 13.8 Å². The monoisotopic (exact) mass is 486 g/mol. The molecule has 0 saturated heterocycles. The number of nitrogens with one attached hydrogen (secondary N) is 2. The molecule has 4 aromatic rings. The Morgan fingerprint density at radius 1 is 0.943 bits per heavy atom. The summed E-state index contributed by atoms with van der Waals surface area (Å²) in [4.78, 5) is 29.0. The fraction of sp³-hybridized carbons (Fsp3) is 0.192. The fourth-order valence-electron chi connectivity index (χ4n) is 3.45. The molecule has 0 aliphatic rings. The smallest absolute Gasteiger partial charge is 0.243 e. The Labute approximate surface area is 208 Å². The van der Waals surface area contributed by atoms with Crippen LogP contribution in [0.15, 0.2) is 78.2 Å². The first-order valence-corrected chi connectivity index (χ1v) is 12.1. The van der Waals surface area contributed by atoms with Crippen molar-refractivity contribution in [2.75, 3.05) is 17.6 Å². The molecule has 0 spiro atoms. The van der Waals surface area contributed by atoms with Crippen molar-refractivity contribution < 1.29 is 9.59 Å². The Morgan fingerprint density at radius 2 is 1.77 bits per heavy atom. The molecule has 0 radical (unpaired) electrons. The van der Waals surface area contributed by atoms with Gasteiger partial charge in [0.05, 0.1) is 18.8 Å². The van der Waals surface area contributed by atoms with Crippen molar-refractivity contribution in [2.45, 2.75) is 25.5 Å². The van der Waals surface area contributed by atoms with Gasteiger partial charge in [-0.1, -0.05) is 54.2 Å². The van der Waals surface area contributed by atoms with Crippen LogP contribution in [0.3, 0.4) is 0 Å². The number of nitrogens with zero attached hydrogens (tertiary/aromatic N) is 4. The highest BCUT2D eigenvalue weighted by Gasteiger charge is 2.17. The Balaban J connectivity index is 1.38. The summed E-state index contributed by atoms with van der Waals surface area (Å²) in [6.45, 7) is 4.39. The summed E-state index contributed by atoms with van der Waals surface area (Å²) < 4.78 is 1.97. The second-order valence-electron chi connectivity index (χ2n) is 7.98. The second kappa shape index (κ2) is 11.4. The van der Waals surface area contributed by atoms with E-state index in [0.717, 1.165) is 27.9 Å². The Morgan fingerprint density at radius 3 is 2.54 bits per heavy atom. The molecule has 0 atom stereocenters. The molecular formula is C26H26N6O2S. The lowest BCUT2D eigenvalue weighted by atomic mass is 10.1. The normalized spacial score (nSPS) is 10.7. The molecule has 0 saturated carbocycles. The average Bonchev–Trinajstić information content (AvgIpc) is 3.27. The van der Waals surface area contributed by atoms with Gasteiger partial charge in [-0.2, -0.15) is 0 Å². The molecular weight excluding hydrogens is 460 g/mol. The van der Waals surface area contributed by atoms with Gasteiger partial charge >= 0.3 is 0 Å². The minimum Gasteiger partial charge on any atom is -0.346 e. The lowest BCUT2D eigenvalue weighted by Crippen LogP contribution is -2.34. The van der Waals surface area contributed by atoms with E-state index in [2.05, 4.69) is 25.8 Å². The van der Waals surface area contributed by atoms with Gasteiger partial charge in [0.15, 0.2) is 11.0 Å². The van der Waals surface area contributed by atoms with E-state index in [1.165, 1.54) is 11.8 Å². The summed E-state index contributed by atoms with van der Waals surface area (Å²) in [7, 11) is 0. The number of thioether (sulfide) groups is 1. The van der Waals surface area contributed by atoms with Crippen LogP contribution < -0.4 is 10.6 Å². The lowest BCUT2D eigenvalue weighted by Gasteiger charge is -2.11. The Kier molecular flexibility index (Phi) is 7.89. The maximum atomic E-state index is 12.5. The third-order valence-electron chi connectivity index (χ3n) is 5.48. The van der Waals surface area contributed by atoms with Gasteiger partial charge in [-0.15, -0.1) is 10.2 Å². The summed E-state index contributed by atoms with van der Waals surface area (Å²) in [5, 5.41) is 14.8. The van der Waals surface area contributed by atoms with E-state index in [1.54, 1.807) is 12.4 Å². The molecule has 178 valence electrons. The van der Waals surface area contributed by atoms with E-state index in [0.29, 0.717) is 17.5 Å². The van der Waals surface area contributed by atoms with Gasteiger partial charge in [-0.25, -0.2) is 0 Å². The molecule has 2 N–H and O–H groups in total. The van der Waals surface area contributed by atoms with E-state index < -0.39 is 0 Å². The summed E-state index contributed by atoms with van der Waals surface area (Å²) in [6.07, 6.45) is 3.44. The minimum atomic E-state index is -0.275. The third-order valence-corrected chi connectivity index (χ3v) is 6.44. The molecule has 0 bridgehead atoms.